The number of rotatable bonds is 19. The Morgan fingerprint density at radius 3 is 1.87 bits per heavy atom. The Labute approximate surface area is 189 Å². The van der Waals surface area contributed by atoms with Crippen LogP contribution in [0.2, 0.25) is 0 Å². The number of pyridine rings is 1. The van der Waals surface area contributed by atoms with Crippen LogP contribution in [0.15, 0.2) is 24.5 Å². The van der Waals surface area contributed by atoms with Crippen molar-refractivity contribution in [1.82, 2.24) is 5.32 Å². The molecule has 0 aromatic carbocycles. The molecular formula is C24H42N2O4S. The lowest BCUT2D eigenvalue weighted by Gasteiger charge is -2.06. The molecule has 31 heavy (non-hydrogen) atoms. The Hall–Kier alpha value is -1.47. The van der Waals surface area contributed by atoms with Crippen LogP contribution in [0.3, 0.4) is 0 Å². The van der Waals surface area contributed by atoms with Gasteiger partial charge in [-0.3, -0.25) is 4.79 Å². The minimum Gasteiger partial charge on any atom is -0.748 e. The van der Waals surface area contributed by atoms with Crippen LogP contribution in [0.5, 0.6) is 0 Å². The number of aromatic nitrogens is 1. The van der Waals surface area contributed by atoms with E-state index in [-0.39, 0.29) is 11.7 Å². The molecule has 178 valence electrons. The Morgan fingerprint density at radius 2 is 1.35 bits per heavy atom. The molecule has 0 unspecified atom stereocenters. The number of aryl methyl sites for hydroxylation is 1. The smallest absolute Gasteiger partial charge is 0.251 e. The highest BCUT2D eigenvalue weighted by Gasteiger charge is 2.08. The van der Waals surface area contributed by atoms with E-state index in [0.29, 0.717) is 31.5 Å². The van der Waals surface area contributed by atoms with Gasteiger partial charge in [-0.15, -0.1) is 0 Å². The van der Waals surface area contributed by atoms with Gasteiger partial charge in [0, 0.05) is 30.9 Å². The van der Waals surface area contributed by atoms with Crippen LogP contribution in [-0.4, -0.2) is 31.2 Å². The van der Waals surface area contributed by atoms with Crippen molar-refractivity contribution in [2.75, 3.05) is 12.3 Å². The molecular weight excluding hydrogens is 412 g/mol. The van der Waals surface area contributed by atoms with Crippen LogP contribution in [0.1, 0.15) is 107 Å². The second-order valence-corrected chi connectivity index (χ2v) is 9.96. The van der Waals surface area contributed by atoms with Crippen molar-refractivity contribution < 1.29 is 22.3 Å². The third-order valence-electron chi connectivity index (χ3n) is 5.53. The Kier molecular flexibility index (Phi) is 15.2. The van der Waals surface area contributed by atoms with E-state index in [9.17, 15) is 17.8 Å². The van der Waals surface area contributed by atoms with E-state index in [4.69, 9.17) is 0 Å². The fourth-order valence-corrected chi connectivity index (χ4v) is 4.16. The molecule has 0 aliphatic heterocycles. The van der Waals surface area contributed by atoms with Gasteiger partial charge in [0.2, 0.25) is 0 Å². The number of amides is 1. The number of hydrogen-bond acceptors (Lipinski definition) is 4. The fraction of sp³-hybridized carbons (Fsp3) is 0.750. The number of carbonyl (C=O) groups excluding carboxylic acids is 1. The van der Waals surface area contributed by atoms with Crippen LogP contribution < -0.4 is 9.88 Å². The summed E-state index contributed by atoms with van der Waals surface area (Å²) in [5, 5.41) is 2.97. The number of carbonyl (C=O) groups is 1. The molecule has 6 nitrogen and oxygen atoms in total. The molecule has 0 fully saturated rings. The molecule has 0 spiro atoms. The van der Waals surface area contributed by atoms with Gasteiger partial charge in [-0.05, 0) is 12.8 Å². The summed E-state index contributed by atoms with van der Waals surface area (Å²) in [5.41, 5.74) is 0.623. The first-order chi connectivity index (χ1) is 14.9. The quantitative estimate of drug-likeness (QED) is 0.186. The molecule has 0 atom stereocenters. The SMILES string of the molecule is CCCCCCCCCCCCCCNC(=O)c1cc[n+](CCCCS(=O)(=O)[O-])cc1. The first-order valence-electron chi connectivity index (χ1n) is 12.1. The summed E-state index contributed by atoms with van der Waals surface area (Å²) in [4.78, 5) is 12.2. The lowest BCUT2D eigenvalue weighted by Crippen LogP contribution is -2.34. The molecule has 7 heteroatoms. The van der Waals surface area contributed by atoms with E-state index in [2.05, 4.69) is 12.2 Å². The van der Waals surface area contributed by atoms with E-state index < -0.39 is 10.1 Å². The van der Waals surface area contributed by atoms with Crippen LogP contribution in [0.25, 0.3) is 0 Å². The maximum Gasteiger partial charge on any atom is 0.251 e. The molecule has 0 saturated carbocycles. The number of nitrogens with zero attached hydrogens (tertiary/aromatic N) is 1. The highest BCUT2D eigenvalue weighted by Crippen LogP contribution is 2.11. The van der Waals surface area contributed by atoms with Gasteiger partial charge in [-0.25, -0.2) is 13.0 Å². The minimum atomic E-state index is -4.13. The van der Waals surface area contributed by atoms with E-state index in [1.807, 2.05) is 17.0 Å². The normalized spacial score (nSPS) is 11.5. The van der Waals surface area contributed by atoms with Gasteiger partial charge >= 0.3 is 0 Å². The van der Waals surface area contributed by atoms with Gasteiger partial charge in [0.1, 0.15) is 6.54 Å². The summed E-state index contributed by atoms with van der Waals surface area (Å²) in [5.74, 6) is -0.389. The molecule has 1 amide bonds. The number of nitrogens with one attached hydrogen (secondary N) is 1. The van der Waals surface area contributed by atoms with Gasteiger partial charge in [0.05, 0.1) is 15.7 Å². The summed E-state index contributed by atoms with van der Waals surface area (Å²) in [6.07, 6.45) is 20.2. The Morgan fingerprint density at radius 1 is 0.839 bits per heavy atom. The zero-order valence-electron chi connectivity index (χ0n) is 19.3. The molecule has 1 N–H and O–H groups in total. The molecule has 0 aliphatic carbocycles. The van der Waals surface area contributed by atoms with Crippen molar-refractivity contribution in [3.8, 4) is 0 Å². The maximum absolute atomic E-state index is 12.2. The van der Waals surface area contributed by atoms with Crippen molar-refractivity contribution in [2.24, 2.45) is 0 Å². The first-order valence-corrected chi connectivity index (χ1v) is 13.7. The average Bonchev–Trinajstić information content (AvgIpc) is 2.74. The third kappa shape index (κ3) is 15.9. The maximum atomic E-state index is 12.2. The molecule has 0 bridgehead atoms. The van der Waals surface area contributed by atoms with Crippen molar-refractivity contribution in [3.05, 3.63) is 30.1 Å². The summed E-state index contributed by atoms with van der Waals surface area (Å²) < 4.78 is 33.7. The van der Waals surface area contributed by atoms with Crippen LogP contribution in [0.4, 0.5) is 0 Å². The number of unbranched alkanes of at least 4 members (excludes halogenated alkanes) is 12. The summed E-state index contributed by atoms with van der Waals surface area (Å²) >= 11 is 0. The summed E-state index contributed by atoms with van der Waals surface area (Å²) in [6.45, 7) is 3.58. The monoisotopic (exact) mass is 454 g/mol. The van der Waals surface area contributed by atoms with E-state index in [1.54, 1.807) is 12.1 Å². The van der Waals surface area contributed by atoms with Crippen LogP contribution >= 0.6 is 0 Å². The van der Waals surface area contributed by atoms with Gasteiger partial charge in [-0.1, -0.05) is 77.6 Å². The van der Waals surface area contributed by atoms with Gasteiger partial charge in [0.15, 0.2) is 12.4 Å². The lowest BCUT2D eigenvalue weighted by molar-refractivity contribution is -0.697. The van der Waals surface area contributed by atoms with E-state index >= 15 is 0 Å². The first kappa shape index (κ1) is 27.6. The summed E-state index contributed by atoms with van der Waals surface area (Å²) in [7, 11) is -4.13. The van der Waals surface area contributed by atoms with E-state index in [1.165, 1.54) is 64.2 Å². The van der Waals surface area contributed by atoms with Gasteiger partial charge < -0.3 is 9.87 Å². The molecule has 0 saturated heterocycles. The van der Waals surface area contributed by atoms with Crippen molar-refractivity contribution in [3.63, 3.8) is 0 Å². The van der Waals surface area contributed by atoms with Crippen molar-refractivity contribution in [2.45, 2.75) is 103 Å². The summed E-state index contributed by atoms with van der Waals surface area (Å²) in [6, 6.07) is 3.53. The number of hydrogen-bond donors (Lipinski definition) is 1. The van der Waals surface area contributed by atoms with Gasteiger partial charge in [-0.2, -0.15) is 0 Å². The molecule has 1 aromatic rings. The largest absolute Gasteiger partial charge is 0.748 e. The molecule has 1 heterocycles. The lowest BCUT2D eigenvalue weighted by atomic mass is 10.1. The molecule has 1 rings (SSSR count). The van der Waals surface area contributed by atoms with Crippen molar-refractivity contribution in [1.29, 1.82) is 0 Å². The van der Waals surface area contributed by atoms with Gasteiger partial charge in [0.25, 0.3) is 5.91 Å². The fourth-order valence-electron chi connectivity index (χ4n) is 3.60. The minimum absolute atomic E-state index is 0.0623. The second-order valence-electron chi connectivity index (χ2n) is 8.44. The highest BCUT2D eigenvalue weighted by atomic mass is 32.2. The standard InChI is InChI=1S/C24H42N2O4S/c1-2-3-4-5-6-7-8-9-10-11-12-13-18-25-24(27)23-16-20-26(21-17-23)19-14-15-22-31(28,29)30/h16-17,20-21H,2-15,18-19,22H2,1H3,(H-,25,27,28,29,30). The van der Waals surface area contributed by atoms with Crippen LogP contribution in [-0.2, 0) is 16.7 Å². The van der Waals surface area contributed by atoms with E-state index in [0.717, 1.165) is 12.8 Å². The highest BCUT2D eigenvalue weighted by molar-refractivity contribution is 7.85. The predicted molar refractivity (Wildman–Crippen MR) is 124 cm³/mol. The Bertz CT molecular complexity index is 690. The molecule has 0 aliphatic rings. The predicted octanol–water partition coefficient (Wildman–Crippen LogP) is 4.73. The molecule has 1 aromatic heterocycles. The Balaban J connectivity index is 2.02. The molecule has 0 radical (unpaired) electrons. The zero-order chi connectivity index (χ0) is 22.8. The van der Waals surface area contributed by atoms with Crippen molar-refractivity contribution >= 4 is 16.0 Å². The van der Waals surface area contributed by atoms with Crippen LogP contribution in [0, 0.1) is 0 Å². The average molecular weight is 455 g/mol. The topological polar surface area (TPSA) is 90.2 Å². The zero-order valence-corrected chi connectivity index (χ0v) is 20.1. The second kappa shape index (κ2) is 17.1. The third-order valence-corrected chi connectivity index (χ3v) is 6.32.